The number of aromatic nitrogens is 3. The van der Waals surface area contributed by atoms with E-state index >= 15 is 0 Å². The van der Waals surface area contributed by atoms with E-state index in [9.17, 15) is 8.42 Å². The fraction of sp³-hybridized carbons (Fsp3) is 0.462. The van der Waals surface area contributed by atoms with Crippen molar-refractivity contribution in [1.29, 1.82) is 0 Å². The molecule has 0 aromatic carbocycles. The first-order valence-corrected chi connectivity index (χ1v) is 9.65. The van der Waals surface area contributed by atoms with Crippen LogP contribution in [0.15, 0.2) is 17.6 Å². The van der Waals surface area contributed by atoms with Crippen molar-refractivity contribution in [1.82, 2.24) is 19.3 Å². The molecular weight excluding hydrogens is 322 g/mol. The molecule has 1 saturated heterocycles. The van der Waals surface area contributed by atoms with Gasteiger partial charge in [0, 0.05) is 24.2 Å². The molecule has 7 nitrogen and oxygen atoms in total. The smallest absolute Gasteiger partial charge is 0.211 e. The van der Waals surface area contributed by atoms with Crippen LogP contribution in [-0.2, 0) is 10.0 Å². The van der Waals surface area contributed by atoms with Crippen LogP contribution < -0.4 is 5.32 Å². The van der Waals surface area contributed by atoms with E-state index in [4.69, 9.17) is 0 Å². The lowest BCUT2D eigenvalue weighted by atomic mass is 10.1. The molecule has 1 aliphatic rings. The van der Waals surface area contributed by atoms with Crippen molar-refractivity contribution in [3.63, 3.8) is 0 Å². The minimum Gasteiger partial charge on any atom is -0.316 e. The fourth-order valence-corrected chi connectivity index (χ4v) is 4.33. The maximum atomic E-state index is 11.9. The Kier molecular flexibility index (Phi) is 4.11. The van der Waals surface area contributed by atoms with Crippen LogP contribution in [0.25, 0.3) is 0 Å². The van der Waals surface area contributed by atoms with Crippen molar-refractivity contribution in [3.8, 4) is 0 Å². The van der Waals surface area contributed by atoms with Gasteiger partial charge in [0.2, 0.25) is 10.0 Å². The molecule has 0 amide bonds. The lowest BCUT2D eigenvalue weighted by molar-refractivity contribution is 0.393. The molecule has 2 aromatic rings. The molecule has 0 saturated carbocycles. The maximum Gasteiger partial charge on any atom is 0.211 e. The largest absolute Gasteiger partial charge is 0.316 e. The van der Waals surface area contributed by atoms with Crippen LogP contribution in [0.5, 0.6) is 0 Å². The quantitative estimate of drug-likeness (QED) is 0.917. The third-order valence-corrected chi connectivity index (χ3v) is 5.47. The van der Waals surface area contributed by atoms with Crippen molar-refractivity contribution in [2.75, 3.05) is 18.1 Å². The van der Waals surface area contributed by atoms with E-state index in [1.807, 2.05) is 11.4 Å². The molecule has 0 bridgehead atoms. The van der Waals surface area contributed by atoms with Crippen LogP contribution in [0.4, 0.5) is 10.9 Å². The summed E-state index contributed by atoms with van der Waals surface area (Å²) in [7, 11) is -3.23. The first kappa shape index (κ1) is 15.3. The predicted octanol–water partition coefficient (Wildman–Crippen LogP) is 2.08. The van der Waals surface area contributed by atoms with E-state index in [0.29, 0.717) is 18.2 Å². The fourth-order valence-electron chi connectivity index (χ4n) is 2.65. The predicted molar refractivity (Wildman–Crippen MR) is 85.7 cm³/mol. The van der Waals surface area contributed by atoms with Crippen LogP contribution in [0.2, 0.25) is 0 Å². The Morgan fingerprint density at radius 2 is 2.23 bits per heavy atom. The van der Waals surface area contributed by atoms with Gasteiger partial charge in [-0.2, -0.15) is 4.31 Å². The minimum absolute atomic E-state index is 0.214. The average molecular weight is 339 g/mol. The van der Waals surface area contributed by atoms with Gasteiger partial charge in [-0.05, 0) is 19.8 Å². The number of nitrogens with zero attached hydrogens (tertiary/aromatic N) is 4. The third kappa shape index (κ3) is 3.26. The zero-order chi connectivity index (χ0) is 15.7. The molecule has 2 aromatic heterocycles. The number of nitrogens with one attached hydrogen (secondary N) is 1. The Hall–Kier alpha value is -1.58. The molecule has 1 aliphatic heterocycles. The monoisotopic (exact) mass is 339 g/mol. The Bertz CT molecular complexity index is 761. The molecule has 1 N–H and O–H groups in total. The van der Waals surface area contributed by atoms with Crippen LogP contribution in [0, 0.1) is 6.92 Å². The Morgan fingerprint density at radius 3 is 2.91 bits per heavy atom. The second kappa shape index (κ2) is 5.90. The molecule has 0 spiro atoms. The Labute approximate surface area is 133 Å². The molecule has 0 unspecified atom stereocenters. The molecule has 0 aliphatic carbocycles. The molecule has 1 atom stereocenters. The third-order valence-electron chi connectivity index (χ3n) is 3.50. The number of rotatable bonds is 4. The van der Waals surface area contributed by atoms with Gasteiger partial charge in [-0.3, -0.25) is 0 Å². The van der Waals surface area contributed by atoms with Gasteiger partial charge in [0.05, 0.1) is 18.0 Å². The highest BCUT2D eigenvalue weighted by molar-refractivity contribution is 7.88. The van der Waals surface area contributed by atoms with E-state index < -0.39 is 10.0 Å². The molecule has 3 heterocycles. The molecule has 3 rings (SSSR count). The summed E-state index contributed by atoms with van der Waals surface area (Å²) in [4.78, 5) is 12.9. The lowest BCUT2D eigenvalue weighted by Crippen LogP contribution is -2.30. The van der Waals surface area contributed by atoms with Crippen LogP contribution in [-0.4, -0.2) is 40.5 Å². The van der Waals surface area contributed by atoms with Gasteiger partial charge in [-0.15, -0.1) is 11.3 Å². The Balaban J connectivity index is 1.92. The zero-order valence-corrected chi connectivity index (χ0v) is 14.0. The number of hydrogen-bond donors (Lipinski definition) is 1. The van der Waals surface area contributed by atoms with E-state index in [1.165, 1.54) is 21.9 Å². The topological polar surface area (TPSA) is 88.1 Å². The highest BCUT2D eigenvalue weighted by Crippen LogP contribution is 2.33. The first-order valence-electron chi connectivity index (χ1n) is 6.92. The first-order chi connectivity index (χ1) is 10.4. The van der Waals surface area contributed by atoms with Crippen LogP contribution in [0.1, 0.15) is 30.4 Å². The van der Waals surface area contributed by atoms with Crippen LogP contribution in [0.3, 0.4) is 0 Å². The SMILES string of the molecule is Cc1nc(Nc2nccs2)cc([C@H]2CCCN2S(C)(=O)=O)n1. The standard InChI is InChI=1S/C13H17N5O2S2/c1-9-15-10(11-4-3-6-18(11)22(2,19)20)8-12(16-9)17-13-14-5-7-21-13/h5,7-8,11H,3-4,6H2,1-2H3,(H,14,15,16,17)/t11-/m1/s1. The van der Waals surface area contributed by atoms with Gasteiger partial charge in [0.15, 0.2) is 5.13 Å². The molecule has 118 valence electrons. The average Bonchev–Trinajstić information content (AvgIpc) is 3.07. The van der Waals surface area contributed by atoms with Gasteiger partial charge in [-0.1, -0.05) is 0 Å². The highest BCUT2D eigenvalue weighted by atomic mass is 32.2. The summed E-state index contributed by atoms with van der Waals surface area (Å²) in [5.41, 5.74) is 0.731. The molecule has 0 radical (unpaired) electrons. The lowest BCUT2D eigenvalue weighted by Gasteiger charge is -2.22. The van der Waals surface area contributed by atoms with Gasteiger partial charge in [0.1, 0.15) is 11.6 Å². The summed E-state index contributed by atoms with van der Waals surface area (Å²) in [5.74, 6) is 1.25. The summed E-state index contributed by atoms with van der Waals surface area (Å²) in [5, 5.41) is 5.75. The van der Waals surface area contributed by atoms with Gasteiger partial charge >= 0.3 is 0 Å². The highest BCUT2D eigenvalue weighted by Gasteiger charge is 2.33. The summed E-state index contributed by atoms with van der Waals surface area (Å²) < 4.78 is 25.3. The minimum atomic E-state index is -3.23. The van der Waals surface area contributed by atoms with Gasteiger partial charge < -0.3 is 5.32 Å². The number of aryl methyl sites for hydroxylation is 1. The van der Waals surface area contributed by atoms with Crippen molar-refractivity contribution in [2.45, 2.75) is 25.8 Å². The van der Waals surface area contributed by atoms with Crippen molar-refractivity contribution >= 4 is 32.3 Å². The number of thiazole rings is 1. The molecule has 22 heavy (non-hydrogen) atoms. The second-order valence-corrected chi connectivity index (χ2v) is 8.05. The van der Waals surface area contributed by atoms with Crippen molar-refractivity contribution < 1.29 is 8.42 Å². The summed E-state index contributed by atoms with van der Waals surface area (Å²) in [6, 6.07) is 1.59. The van der Waals surface area contributed by atoms with E-state index in [1.54, 1.807) is 13.1 Å². The van der Waals surface area contributed by atoms with Crippen LogP contribution >= 0.6 is 11.3 Å². The van der Waals surface area contributed by atoms with Crippen molar-refractivity contribution in [3.05, 3.63) is 29.2 Å². The second-order valence-electron chi connectivity index (χ2n) is 5.22. The summed E-state index contributed by atoms with van der Waals surface area (Å²) in [6.07, 6.45) is 4.58. The molecule has 9 heteroatoms. The van der Waals surface area contributed by atoms with Gasteiger partial charge in [0.25, 0.3) is 0 Å². The number of anilines is 2. The zero-order valence-electron chi connectivity index (χ0n) is 12.4. The summed E-state index contributed by atoms with van der Waals surface area (Å²) >= 11 is 1.48. The van der Waals surface area contributed by atoms with Gasteiger partial charge in [-0.25, -0.2) is 23.4 Å². The van der Waals surface area contributed by atoms with E-state index in [-0.39, 0.29) is 6.04 Å². The maximum absolute atomic E-state index is 11.9. The summed E-state index contributed by atoms with van der Waals surface area (Å²) in [6.45, 7) is 2.35. The number of sulfonamides is 1. The van der Waals surface area contributed by atoms with E-state index in [2.05, 4.69) is 20.3 Å². The van der Waals surface area contributed by atoms with Crippen molar-refractivity contribution in [2.24, 2.45) is 0 Å². The normalized spacial score (nSPS) is 19.5. The number of hydrogen-bond acceptors (Lipinski definition) is 7. The molecular formula is C13H17N5O2S2. The Morgan fingerprint density at radius 1 is 1.41 bits per heavy atom. The van der Waals surface area contributed by atoms with E-state index in [0.717, 1.165) is 23.7 Å². The molecule has 1 fully saturated rings.